The van der Waals surface area contributed by atoms with Crippen LogP contribution in [0, 0.1) is 5.82 Å². The molecule has 0 unspecified atom stereocenters. The molecule has 4 aromatic carbocycles. The first-order valence-corrected chi connectivity index (χ1v) is 11.8. The molecule has 0 aromatic heterocycles. The van der Waals surface area contributed by atoms with E-state index in [9.17, 15) is 14.0 Å². The van der Waals surface area contributed by atoms with Crippen LogP contribution in [0.4, 0.5) is 15.8 Å². The quantitative estimate of drug-likeness (QED) is 0.357. The summed E-state index contributed by atoms with van der Waals surface area (Å²) < 4.78 is 24.1. The van der Waals surface area contributed by atoms with Gasteiger partial charge in [0.25, 0.3) is 5.91 Å². The molecule has 0 fully saturated rings. The average Bonchev–Trinajstić information content (AvgIpc) is 2.94. The number of hydrogen-bond acceptors (Lipinski definition) is 4. The van der Waals surface area contributed by atoms with Crippen molar-refractivity contribution >= 4 is 23.2 Å². The zero-order chi connectivity index (χ0) is 25.9. The van der Waals surface area contributed by atoms with Gasteiger partial charge in [0, 0.05) is 16.9 Å². The lowest BCUT2D eigenvalue weighted by molar-refractivity contribution is -0.118. The minimum atomic E-state index is -0.755. The lowest BCUT2D eigenvalue weighted by atomic mass is 9.78. The van der Waals surface area contributed by atoms with Gasteiger partial charge in [-0.3, -0.25) is 14.5 Å². The van der Waals surface area contributed by atoms with E-state index in [4.69, 9.17) is 9.47 Å². The summed E-state index contributed by atoms with van der Waals surface area (Å²) in [5.74, 6) is -0.365. The molecule has 0 radical (unpaired) electrons. The first-order valence-electron chi connectivity index (χ1n) is 11.8. The summed E-state index contributed by atoms with van der Waals surface area (Å²) in [6.07, 6.45) is 0. The second-order valence-electron chi connectivity index (χ2n) is 8.65. The van der Waals surface area contributed by atoms with Gasteiger partial charge in [0.05, 0.1) is 26.2 Å². The molecule has 6 nitrogen and oxygen atoms in total. The Morgan fingerprint density at radius 2 is 1.41 bits per heavy atom. The van der Waals surface area contributed by atoms with Gasteiger partial charge in [-0.25, -0.2) is 4.39 Å². The molecule has 37 heavy (non-hydrogen) atoms. The van der Waals surface area contributed by atoms with E-state index in [1.165, 1.54) is 24.3 Å². The van der Waals surface area contributed by atoms with E-state index in [1.54, 1.807) is 55.5 Å². The lowest BCUT2D eigenvalue weighted by Crippen LogP contribution is -2.46. The van der Waals surface area contributed by atoms with Gasteiger partial charge in [-0.15, -0.1) is 0 Å². The SMILES string of the molecule is COc1ccc([C@H]2[C@H](C(=O)Nc3ccc(F)cc3)c3ccccc3C(=O)N2c2ccc(OC)cc2)cc1. The van der Waals surface area contributed by atoms with Crippen molar-refractivity contribution in [2.45, 2.75) is 12.0 Å². The number of fused-ring (bicyclic) bond motifs is 1. The Bertz CT molecular complexity index is 1420. The number of ether oxygens (including phenoxy) is 2. The molecule has 2 atom stereocenters. The number of nitrogens with one attached hydrogen (secondary N) is 1. The molecule has 1 aliphatic rings. The van der Waals surface area contributed by atoms with Crippen LogP contribution in [0.15, 0.2) is 97.1 Å². The zero-order valence-electron chi connectivity index (χ0n) is 20.4. The molecule has 0 saturated carbocycles. The molecule has 1 N–H and O–H groups in total. The molecular formula is C30H25FN2O4. The van der Waals surface area contributed by atoms with E-state index in [0.29, 0.717) is 34.0 Å². The largest absolute Gasteiger partial charge is 0.497 e. The number of benzene rings is 4. The Hall–Kier alpha value is -4.65. The van der Waals surface area contributed by atoms with Crippen molar-refractivity contribution in [1.29, 1.82) is 0 Å². The third-order valence-electron chi connectivity index (χ3n) is 6.54. The minimum absolute atomic E-state index is 0.215. The van der Waals surface area contributed by atoms with Crippen LogP contribution in [0.25, 0.3) is 0 Å². The number of methoxy groups -OCH3 is 2. The van der Waals surface area contributed by atoms with Crippen molar-refractivity contribution < 1.29 is 23.5 Å². The molecule has 0 saturated heterocycles. The van der Waals surface area contributed by atoms with E-state index in [0.717, 1.165) is 5.56 Å². The molecule has 5 rings (SSSR count). The molecule has 1 aliphatic heterocycles. The first-order chi connectivity index (χ1) is 18.0. The number of hydrogen-bond donors (Lipinski definition) is 1. The van der Waals surface area contributed by atoms with Crippen LogP contribution >= 0.6 is 0 Å². The fourth-order valence-electron chi connectivity index (χ4n) is 4.74. The van der Waals surface area contributed by atoms with Gasteiger partial charge in [0.1, 0.15) is 17.3 Å². The van der Waals surface area contributed by atoms with Gasteiger partial charge in [-0.05, 0) is 77.9 Å². The molecule has 186 valence electrons. The highest BCUT2D eigenvalue weighted by Crippen LogP contribution is 2.46. The highest BCUT2D eigenvalue weighted by atomic mass is 19.1. The summed E-state index contributed by atoms with van der Waals surface area (Å²) in [6, 6.07) is 26.6. The smallest absolute Gasteiger partial charge is 0.259 e. The number of anilines is 2. The Labute approximate surface area is 214 Å². The third-order valence-corrected chi connectivity index (χ3v) is 6.54. The average molecular weight is 497 g/mol. The molecule has 0 spiro atoms. The first kappa shape index (κ1) is 24.1. The van der Waals surface area contributed by atoms with Gasteiger partial charge in [-0.1, -0.05) is 30.3 Å². The molecule has 2 amide bonds. The van der Waals surface area contributed by atoms with Crippen molar-refractivity contribution in [3.8, 4) is 11.5 Å². The second-order valence-corrected chi connectivity index (χ2v) is 8.65. The third kappa shape index (κ3) is 4.63. The van der Waals surface area contributed by atoms with E-state index >= 15 is 0 Å². The number of nitrogens with zero attached hydrogens (tertiary/aromatic N) is 1. The van der Waals surface area contributed by atoms with Crippen LogP contribution in [0.1, 0.15) is 33.4 Å². The van der Waals surface area contributed by atoms with Crippen LogP contribution in [-0.2, 0) is 4.79 Å². The van der Waals surface area contributed by atoms with Gasteiger partial charge in [0.2, 0.25) is 5.91 Å². The summed E-state index contributed by atoms with van der Waals surface area (Å²) in [6.45, 7) is 0. The van der Waals surface area contributed by atoms with Crippen LogP contribution in [0.2, 0.25) is 0 Å². The molecular weight excluding hydrogens is 471 g/mol. The summed E-state index contributed by atoms with van der Waals surface area (Å²) >= 11 is 0. The lowest BCUT2D eigenvalue weighted by Gasteiger charge is -2.42. The van der Waals surface area contributed by atoms with E-state index in [1.807, 2.05) is 36.4 Å². The highest BCUT2D eigenvalue weighted by Gasteiger charge is 2.45. The maximum Gasteiger partial charge on any atom is 0.259 e. The monoisotopic (exact) mass is 496 g/mol. The Kier molecular flexibility index (Phi) is 6.60. The number of amides is 2. The van der Waals surface area contributed by atoms with E-state index in [-0.39, 0.29) is 11.8 Å². The second kappa shape index (κ2) is 10.1. The summed E-state index contributed by atoms with van der Waals surface area (Å²) in [5.41, 5.74) is 2.92. The predicted molar refractivity (Wildman–Crippen MR) is 140 cm³/mol. The summed E-state index contributed by atoms with van der Waals surface area (Å²) in [5, 5.41) is 2.92. The van der Waals surface area contributed by atoms with E-state index in [2.05, 4.69) is 5.32 Å². The molecule has 4 aromatic rings. The fourth-order valence-corrected chi connectivity index (χ4v) is 4.74. The number of carbonyl (C=O) groups excluding carboxylic acids is 2. The molecule has 0 bridgehead atoms. The predicted octanol–water partition coefficient (Wildman–Crippen LogP) is 5.97. The van der Waals surface area contributed by atoms with Crippen LogP contribution in [0.3, 0.4) is 0 Å². The standard InChI is InChI=1S/C30H25FN2O4/c1-36-23-15-7-19(8-16-23)28-27(29(34)32-21-11-9-20(31)10-12-21)25-5-3-4-6-26(25)30(35)33(28)22-13-17-24(37-2)18-14-22/h3-18,27-28H,1-2H3,(H,32,34)/t27-,28+/m1/s1. The topological polar surface area (TPSA) is 67.9 Å². The van der Waals surface area contributed by atoms with Gasteiger partial charge >= 0.3 is 0 Å². The Balaban J connectivity index is 1.67. The van der Waals surface area contributed by atoms with Crippen molar-refractivity contribution in [2.24, 2.45) is 0 Å². The number of carbonyl (C=O) groups is 2. The number of halogens is 1. The van der Waals surface area contributed by atoms with Crippen molar-refractivity contribution in [2.75, 3.05) is 24.4 Å². The zero-order valence-corrected chi connectivity index (χ0v) is 20.4. The molecule has 1 heterocycles. The van der Waals surface area contributed by atoms with Crippen molar-refractivity contribution in [3.63, 3.8) is 0 Å². The fraction of sp³-hybridized carbons (Fsp3) is 0.133. The summed E-state index contributed by atoms with van der Waals surface area (Å²) in [7, 11) is 3.16. The van der Waals surface area contributed by atoms with Crippen LogP contribution in [-0.4, -0.2) is 26.0 Å². The van der Waals surface area contributed by atoms with Crippen LogP contribution in [0.5, 0.6) is 11.5 Å². The molecule has 7 heteroatoms. The molecule has 0 aliphatic carbocycles. The maximum atomic E-state index is 13.9. The van der Waals surface area contributed by atoms with E-state index < -0.39 is 17.8 Å². The maximum absolute atomic E-state index is 13.9. The Morgan fingerprint density at radius 3 is 2.03 bits per heavy atom. The van der Waals surface area contributed by atoms with Gasteiger partial charge in [-0.2, -0.15) is 0 Å². The Morgan fingerprint density at radius 1 is 0.811 bits per heavy atom. The van der Waals surface area contributed by atoms with Gasteiger partial charge < -0.3 is 14.8 Å². The van der Waals surface area contributed by atoms with Gasteiger partial charge in [0.15, 0.2) is 0 Å². The van der Waals surface area contributed by atoms with Crippen molar-refractivity contribution in [3.05, 3.63) is 120 Å². The van der Waals surface area contributed by atoms with Crippen LogP contribution < -0.4 is 19.7 Å². The number of rotatable bonds is 6. The summed E-state index contributed by atoms with van der Waals surface area (Å²) in [4.78, 5) is 29.5. The van der Waals surface area contributed by atoms with Crippen molar-refractivity contribution in [1.82, 2.24) is 0 Å². The highest BCUT2D eigenvalue weighted by molar-refractivity contribution is 6.12. The normalized spacial score (nSPS) is 16.6. The minimum Gasteiger partial charge on any atom is -0.497 e.